The van der Waals surface area contributed by atoms with Crippen LogP contribution in [-0.4, -0.2) is 33.6 Å². The van der Waals surface area contributed by atoms with E-state index in [0.29, 0.717) is 11.6 Å². The number of alkyl halides is 3. The summed E-state index contributed by atoms with van der Waals surface area (Å²) >= 11 is 0. The van der Waals surface area contributed by atoms with E-state index in [-0.39, 0.29) is 36.3 Å². The number of nitrogen functional groups attached to an aromatic ring is 1. The summed E-state index contributed by atoms with van der Waals surface area (Å²) in [6.45, 7) is 0.00139. The summed E-state index contributed by atoms with van der Waals surface area (Å²) in [7, 11) is 0. The molecule has 2 aromatic rings. The Bertz CT molecular complexity index is 1190. The van der Waals surface area contributed by atoms with Crippen molar-refractivity contribution in [2.24, 2.45) is 0 Å². The minimum Gasteiger partial charge on any atom is -0.383 e. The third kappa shape index (κ3) is 3.46. The lowest BCUT2D eigenvalue weighted by Crippen LogP contribution is -2.52. The van der Waals surface area contributed by atoms with Crippen molar-refractivity contribution in [2.45, 2.75) is 31.6 Å². The maximum absolute atomic E-state index is 13.6. The summed E-state index contributed by atoms with van der Waals surface area (Å²) in [5, 5.41) is 11.2. The summed E-state index contributed by atoms with van der Waals surface area (Å²) in [6, 6.07) is 5.46. The highest BCUT2D eigenvalue weighted by atomic mass is 19.4. The monoisotopic (exact) mass is 429 g/mol. The molecule has 4 rings (SSSR count). The number of amides is 3. The molecule has 2 aliphatic rings. The van der Waals surface area contributed by atoms with Gasteiger partial charge in [0.1, 0.15) is 17.9 Å². The number of anilines is 1. The molecule has 0 aliphatic carbocycles. The van der Waals surface area contributed by atoms with Crippen molar-refractivity contribution >= 4 is 23.5 Å². The van der Waals surface area contributed by atoms with Crippen molar-refractivity contribution in [2.75, 3.05) is 5.73 Å². The third-order valence-electron chi connectivity index (χ3n) is 5.27. The van der Waals surface area contributed by atoms with Crippen LogP contribution in [0.4, 0.5) is 19.0 Å². The summed E-state index contributed by atoms with van der Waals surface area (Å²) in [5.74, 6) is -1.79. The maximum Gasteiger partial charge on any atom is 0.418 e. The normalized spacial score (nSPS) is 18.6. The second kappa shape index (κ2) is 7.09. The first-order valence-corrected chi connectivity index (χ1v) is 9.16. The zero-order valence-electron chi connectivity index (χ0n) is 15.8. The molecule has 31 heavy (non-hydrogen) atoms. The number of imide groups is 1. The number of piperidine rings is 1. The molecule has 11 heteroatoms. The Balaban J connectivity index is 1.73. The minimum atomic E-state index is -4.78. The van der Waals surface area contributed by atoms with Crippen molar-refractivity contribution in [3.05, 3.63) is 46.5 Å². The van der Waals surface area contributed by atoms with E-state index in [4.69, 9.17) is 11.0 Å². The topological polar surface area (TPSA) is 129 Å². The highest BCUT2D eigenvalue weighted by molar-refractivity contribution is 6.05. The highest BCUT2D eigenvalue weighted by Gasteiger charge is 2.40. The van der Waals surface area contributed by atoms with Gasteiger partial charge in [0.05, 0.1) is 16.8 Å². The number of benzene rings is 1. The van der Waals surface area contributed by atoms with Crippen LogP contribution in [0.2, 0.25) is 0 Å². The van der Waals surface area contributed by atoms with Crippen molar-refractivity contribution in [3.8, 4) is 17.3 Å². The van der Waals surface area contributed by atoms with Gasteiger partial charge in [0.2, 0.25) is 11.8 Å². The molecule has 0 spiro atoms. The zero-order valence-corrected chi connectivity index (χ0v) is 15.8. The smallest absolute Gasteiger partial charge is 0.383 e. The largest absolute Gasteiger partial charge is 0.418 e. The minimum absolute atomic E-state index is 0.00139. The second-order valence-electron chi connectivity index (χ2n) is 7.20. The number of halogens is 3. The van der Waals surface area contributed by atoms with Crippen LogP contribution in [0, 0.1) is 11.3 Å². The molecule has 158 valence electrons. The maximum atomic E-state index is 13.6. The number of rotatable bonds is 2. The predicted octanol–water partition coefficient (Wildman–Crippen LogP) is 1.98. The van der Waals surface area contributed by atoms with E-state index in [1.165, 1.54) is 23.1 Å². The lowest BCUT2D eigenvalue weighted by Gasteiger charge is -2.29. The predicted molar refractivity (Wildman–Crippen MR) is 99.8 cm³/mol. The van der Waals surface area contributed by atoms with E-state index in [1.807, 2.05) is 0 Å². The molecule has 0 saturated carbocycles. The molecule has 1 aromatic carbocycles. The van der Waals surface area contributed by atoms with Gasteiger partial charge >= 0.3 is 6.18 Å². The number of nitrogens with one attached hydrogen (secondary N) is 1. The van der Waals surface area contributed by atoms with E-state index in [0.717, 1.165) is 0 Å². The fourth-order valence-corrected chi connectivity index (χ4v) is 3.77. The number of hydrogen-bond acceptors (Lipinski definition) is 6. The molecule has 1 aromatic heterocycles. The van der Waals surface area contributed by atoms with Gasteiger partial charge in [-0.15, -0.1) is 0 Å². The number of carbonyl (C=O) groups is 3. The van der Waals surface area contributed by atoms with Crippen LogP contribution in [-0.2, 0) is 22.3 Å². The first-order chi connectivity index (χ1) is 14.6. The quantitative estimate of drug-likeness (QED) is 0.703. The molecular formula is C20H14F3N5O3. The molecule has 1 atom stereocenters. The summed E-state index contributed by atoms with van der Waals surface area (Å²) < 4.78 is 40.7. The first-order valence-electron chi connectivity index (χ1n) is 9.16. The molecule has 1 unspecified atom stereocenters. The number of aromatic nitrogens is 1. The molecule has 3 N–H and O–H groups in total. The van der Waals surface area contributed by atoms with Gasteiger partial charge in [-0.3, -0.25) is 19.7 Å². The van der Waals surface area contributed by atoms with Gasteiger partial charge in [-0.1, -0.05) is 6.07 Å². The van der Waals surface area contributed by atoms with Gasteiger partial charge in [-0.25, -0.2) is 4.98 Å². The zero-order chi connectivity index (χ0) is 22.5. The SMILES string of the molecule is N#Cc1cc(C(F)(F)F)c(-c2ccc3c(c2)CN(C2CCC(=O)NC2=O)C3=O)nc1N. The average Bonchev–Trinajstić information content (AvgIpc) is 3.02. The third-order valence-corrected chi connectivity index (χ3v) is 5.27. The van der Waals surface area contributed by atoms with Gasteiger partial charge in [0, 0.05) is 24.1 Å². The second-order valence-corrected chi connectivity index (χ2v) is 7.20. The van der Waals surface area contributed by atoms with E-state index in [9.17, 15) is 27.6 Å². The summed E-state index contributed by atoms with van der Waals surface area (Å²) in [4.78, 5) is 41.3. The Morgan fingerprint density at radius 2 is 1.97 bits per heavy atom. The Hall–Kier alpha value is -3.94. The van der Waals surface area contributed by atoms with E-state index < -0.39 is 46.8 Å². The van der Waals surface area contributed by atoms with Crippen LogP contribution in [0.1, 0.15) is 39.9 Å². The van der Waals surface area contributed by atoms with Crippen molar-refractivity contribution in [1.29, 1.82) is 5.26 Å². The van der Waals surface area contributed by atoms with Gasteiger partial charge in [0.25, 0.3) is 5.91 Å². The molecule has 1 fully saturated rings. The van der Waals surface area contributed by atoms with Gasteiger partial charge in [-0.05, 0) is 30.2 Å². The molecule has 1 saturated heterocycles. The molecule has 3 heterocycles. The molecular weight excluding hydrogens is 415 g/mol. The molecule has 0 bridgehead atoms. The van der Waals surface area contributed by atoms with E-state index in [1.54, 1.807) is 6.07 Å². The summed E-state index contributed by atoms with van der Waals surface area (Å²) in [5.41, 5.74) is 4.40. The number of pyridine rings is 1. The molecule has 3 amide bonds. The van der Waals surface area contributed by atoms with Crippen LogP contribution < -0.4 is 11.1 Å². The Kier molecular flexibility index (Phi) is 4.65. The number of nitriles is 1. The number of nitrogens with two attached hydrogens (primary N) is 1. The van der Waals surface area contributed by atoms with Crippen molar-refractivity contribution < 1.29 is 27.6 Å². The molecule has 0 radical (unpaired) electrons. The standard InChI is InChI=1S/C20H14F3N5O3/c21-20(22,23)13-6-10(7-24)17(25)27-16(13)9-1-2-12-11(5-9)8-28(19(12)31)14-3-4-15(29)26-18(14)30/h1-2,5-6,14H,3-4,8H2,(H2,25,27)(H,26,29,30). The average molecular weight is 429 g/mol. The molecule has 8 nitrogen and oxygen atoms in total. The first kappa shape index (κ1) is 20.3. The van der Waals surface area contributed by atoms with Gasteiger partial charge in [-0.2, -0.15) is 18.4 Å². The van der Waals surface area contributed by atoms with Crippen LogP contribution in [0.5, 0.6) is 0 Å². The van der Waals surface area contributed by atoms with Crippen LogP contribution in [0.25, 0.3) is 11.3 Å². The van der Waals surface area contributed by atoms with Gasteiger partial charge < -0.3 is 10.6 Å². The van der Waals surface area contributed by atoms with Gasteiger partial charge in [0.15, 0.2) is 0 Å². The van der Waals surface area contributed by atoms with Crippen LogP contribution in [0.3, 0.4) is 0 Å². The van der Waals surface area contributed by atoms with E-state index >= 15 is 0 Å². The number of fused-ring (bicyclic) bond motifs is 1. The number of nitrogens with zero attached hydrogens (tertiary/aromatic N) is 3. The Labute approximate surface area is 173 Å². The van der Waals surface area contributed by atoms with E-state index in [2.05, 4.69) is 10.3 Å². The Morgan fingerprint density at radius 1 is 1.23 bits per heavy atom. The number of carbonyl (C=O) groups excluding carboxylic acids is 3. The fourth-order valence-electron chi connectivity index (χ4n) is 3.77. The summed E-state index contributed by atoms with van der Waals surface area (Å²) in [6.07, 6.45) is -4.52. The van der Waals surface area contributed by atoms with Crippen molar-refractivity contribution in [1.82, 2.24) is 15.2 Å². The lowest BCUT2D eigenvalue weighted by atomic mass is 9.99. The van der Waals surface area contributed by atoms with Crippen molar-refractivity contribution in [3.63, 3.8) is 0 Å². The highest BCUT2D eigenvalue weighted by Crippen LogP contribution is 2.39. The fraction of sp³-hybridized carbons (Fsp3) is 0.250. The van der Waals surface area contributed by atoms with Crippen LogP contribution in [0.15, 0.2) is 24.3 Å². The Morgan fingerprint density at radius 3 is 2.61 bits per heavy atom. The lowest BCUT2D eigenvalue weighted by molar-refractivity contribution is -0.138. The van der Waals surface area contributed by atoms with Crippen LogP contribution >= 0.6 is 0 Å². The number of hydrogen-bond donors (Lipinski definition) is 2. The molecule has 2 aliphatic heterocycles.